The third-order valence-electron chi connectivity index (χ3n) is 5.84. The van der Waals surface area contributed by atoms with Crippen LogP contribution in [0.2, 0.25) is 0 Å². The Labute approximate surface area is 172 Å². The Hall–Kier alpha value is -1.93. The number of nitrogens with zero attached hydrogens (tertiary/aromatic N) is 1. The zero-order chi connectivity index (χ0) is 20.9. The van der Waals surface area contributed by atoms with E-state index in [0.717, 1.165) is 38.5 Å². The molecule has 2 aliphatic rings. The van der Waals surface area contributed by atoms with Gasteiger partial charge in [0.25, 0.3) is 5.91 Å². The first-order valence-electron chi connectivity index (χ1n) is 10.4. The van der Waals surface area contributed by atoms with Crippen molar-refractivity contribution in [3.63, 3.8) is 0 Å². The van der Waals surface area contributed by atoms with Crippen LogP contribution in [0.4, 0.5) is 0 Å². The van der Waals surface area contributed by atoms with Crippen LogP contribution in [-0.4, -0.2) is 50.3 Å². The van der Waals surface area contributed by atoms with Crippen LogP contribution in [0.5, 0.6) is 0 Å². The third kappa shape index (κ3) is 5.57. The van der Waals surface area contributed by atoms with Crippen molar-refractivity contribution in [2.45, 2.75) is 62.8 Å². The van der Waals surface area contributed by atoms with Crippen LogP contribution >= 0.6 is 0 Å². The molecular formula is C21H30N2O5S. The largest absolute Gasteiger partial charge is 0.452 e. The highest BCUT2D eigenvalue weighted by molar-refractivity contribution is 7.89. The van der Waals surface area contributed by atoms with E-state index in [1.807, 2.05) is 0 Å². The van der Waals surface area contributed by atoms with Gasteiger partial charge in [0.1, 0.15) is 0 Å². The molecule has 1 aliphatic carbocycles. The lowest BCUT2D eigenvalue weighted by Gasteiger charge is -2.29. The zero-order valence-electron chi connectivity index (χ0n) is 16.9. The van der Waals surface area contributed by atoms with Crippen molar-refractivity contribution in [3.8, 4) is 0 Å². The fraction of sp³-hybridized carbons (Fsp3) is 0.619. The minimum atomic E-state index is -3.53. The van der Waals surface area contributed by atoms with E-state index in [2.05, 4.69) is 12.2 Å². The number of piperidine rings is 1. The molecule has 2 atom stereocenters. The van der Waals surface area contributed by atoms with Gasteiger partial charge in [-0.3, -0.25) is 4.79 Å². The van der Waals surface area contributed by atoms with Gasteiger partial charge in [-0.1, -0.05) is 26.2 Å². The standard InChI is InChI=1S/C21H30N2O5S/c1-16-7-3-4-8-19(16)22-20(24)15-28-21(25)17-9-11-18(12-10-17)29(26,27)23-13-5-2-6-14-23/h9-12,16,19H,2-8,13-15H2,1H3,(H,22,24). The summed E-state index contributed by atoms with van der Waals surface area (Å²) in [7, 11) is -3.53. The van der Waals surface area contributed by atoms with Gasteiger partial charge >= 0.3 is 5.97 Å². The molecule has 0 aromatic heterocycles. The van der Waals surface area contributed by atoms with Crippen LogP contribution in [0.1, 0.15) is 62.2 Å². The summed E-state index contributed by atoms with van der Waals surface area (Å²) < 4.78 is 31.9. The molecule has 1 amide bonds. The Kier molecular flexibility index (Phi) is 7.29. The summed E-state index contributed by atoms with van der Waals surface area (Å²) >= 11 is 0. The first-order valence-corrected chi connectivity index (χ1v) is 11.9. The smallest absolute Gasteiger partial charge is 0.338 e. The predicted octanol–water partition coefficient (Wildman–Crippen LogP) is 2.71. The molecule has 0 spiro atoms. The summed E-state index contributed by atoms with van der Waals surface area (Å²) in [5.41, 5.74) is 0.224. The second-order valence-electron chi connectivity index (χ2n) is 8.00. The number of rotatable bonds is 6. The van der Waals surface area contributed by atoms with Crippen molar-refractivity contribution in [3.05, 3.63) is 29.8 Å². The molecule has 1 aliphatic heterocycles. The van der Waals surface area contributed by atoms with E-state index in [9.17, 15) is 18.0 Å². The van der Waals surface area contributed by atoms with Crippen molar-refractivity contribution in [1.29, 1.82) is 0 Å². The fourth-order valence-corrected chi connectivity index (χ4v) is 5.53. The zero-order valence-corrected chi connectivity index (χ0v) is 17.7. The number of ether oxygens (including phenoxy) is 1. The number of sulfonamides is 1. The van der Waals surface area contributed by atoms with E-state index in [0.29, 0.717) is 19.0 Å². The van der Waals surface area contributed by atoms with Gasteiger partial charge in [-0.25, -0.2) is 13.2 Å². The highest BCUT2D eigenvalue weighted by Crippen LogP contribution is 2.24. The van der Waals surface area contributed by atoms with Gasteiger partial charge in [0.15, 0.2) is 6.61 Å². The second kappa shape index (κ2) is 9.71. The second-order valence-corrected chi connectivity index (χ2v) is 9.94. The van der Waals surface area contributed by atoms with Crippen molar-refractivity contribution in [2.75, 3.05) is 19.7 Å². The first kappa shape index (κ1) is 21.8. The highest BCUT2D eigenvalue weighted by Gasteiger charge is 2.26. The Bertz CT molecular complexity index is 816. The third-order valence-corrected chi connectivity index (χ3v) is 7.75. The molecule has 29 heavy (non-hydrogen) atoms. The lowest BCUT2D eigenvalue weighted by atomic mass is 9.86. The minimum Gasteiger partial charge on any atom is -0.452 e. The monoisotopic (exact) mass is 422 g/mol. The lowest BCUT2D eigenvalue weighted by molar-refractivity contribution is -0.125. The Balaban J connectivity index is 1.52. The van der Waals surface area contributed by atoms with Crippen LogP contribution in [0, 0.1) is 5.92 Å². The van der Waals surface area contributed by atoms with Gasteiger partial charge in [-0.2, -0.15) is 4.31 Å². The molecule has 7 nitrogen and oxygen atoms in total. The van der Waals surface area contributed by atoms with Crippen LogP contribution < -0.4 is 5.32 Å². The number of amides is 1. The van der Waals surface area contributed by atoms with Crippen LogP contribution in [-0.2, 0) is 19.6 Å². The highest BCUT2D eigenvalue weighted by atomic mass is 32.2. The summed E-state index contributed by atoms with van der Waals surface area (Å²) in [4.78, 5) is 24.5. The summed E-state index contributed by atoms with van der Waals surface area (Å²) in [5, 5.41) is 2.94. The summed E-state index contributed by atoms with van der Waals surface area (Å²) in [5.74, 6) is -0.516. The SMILES string of the molecule is CC1CCCCC1NC(=O)COC(=O)c1ccc(S(=O)(=O)N2CCCCC2)cc1. The lowest BCUT2D eigenvalue weighted by Crippen LogP contribution is -2.42. The van der Waals surface area contributed by atoms with Crippen molar-refractivity contribution in [1.82, 2.24) is 9.62 Å². The molecule has 2 unspecified atom stereocenters. The molecule has 8 heteroatoms. The molecule has 160 valence electrons. The Morgan fingerprint density at radius 3 is 2.34 bits per heavy atom. The van der Waals surface area contributed by atoms with Crippen molar-refractivity contribution >= 4 is 21.9 Å². The Morgan fingerprint density at radius 2 is 1.69 bits per heavy atom. The molecule has 1 aromatic rings. The van der Waals surface area contributed by atoms with Crippen LogP contribution in [0.25, 0.3) is 0 Å². The molecule has 1 heterocycles. The van der Waals surface area contributed by atoms with Gasteiger partial charge in [0.2, 0.25) is 10.0 Å². The van der Waals surface area contributed by atoms with E-state index in [4.69, 9.17) is 4.74 Å². The minimum absolute atomic E-state index is 0.134. The van der Waals surface area contributed by atoms with Gasteiger partial charge in [-0.05, 0) is 55.9 Å². The number of nitrogens with one attached hydrogen (secondary N) is 1. The summed E-state index contributed by atoms with van der Waals surface area (Å²) in [6.07, 6.45) is 7.11. The number of carbonyl (C=O) groups is 2. The van der Waals surface area contributed by atoms with E-state index in [-0.39, 0.29) is 29.0 Å². The maximum absolute atomic E-state index is 12.7. The maximum atomic E-state index is 12.7. The predicted molar refractivity (Wildman–Crippen MR) is 109 cm³/mol. The average molecular weight is 423 g/mol. The van der Waals surface area contributed by atoms with Gasteiger partial charge in [0.05, 0.1) is 10.5 Å². The van der Waals surface area contributed by atoms with Crippen LogP contribution in [0.3, 0.4) is 0 Å². The van der Waals surface area contributed by atoms with Crippen LogP contribution in [0.15, 0.2) is 29.2 Å². The van der Waals surface area contributed by atoms with Crippen molar-refractivity contribution < 1.29 is 22.7 Å². The number of hydrogen-bond donors (Lipinski definition) is 1. The normalized spacial score (nSPS) is 23.3. The van der Waals surface area contributed by atoms with Gasteiger partial charge in [0, 0.05) is 19.1 Å². The van der Waals surface area contributed by atoms with E-state index < -0.39 is 16.0 Å². The molecule has 0 radical (unpaired) electrons. The number of benzene rings is 1. The molecule has 2 fully saturated rings. The fourth-order valence-electron chi connectivity index (χ4n) is 4.01. The molecular weight excluding hydrogens is 392 g/mol. The molecule has 1 aromatic carbocycles. The van der Waals surface area contributed by atoms with Gasteiger partial charge < -0.3 is 10.1 Å². The van der Waals surface area contributed by atoms with E-state index >= 15 is 0 Å². The van der Waals surface area contributed by atoms with E-state index in [1.165, 1.54) is 35.0 Å². The molecule has 3 rings (SSSR count). The van der Waals surface area contributed by atoms with Crippen molar-refractivity contribution in [2.24, 2.45) is 5.92 Å². The molecule has 1 N–H and O–H groups in total. The van der Waals surface area contributed by atoms with E-state index in [1.54, 1.807) is 0 Å². The molecule has 1 saturated carbocycles. The summed E-state index contributed by atoms with van der Waals surface area (Å²) in [6.45, 7) is 2.84. The quantitative estimate of drug-likeness (QED) is 0.712. The Morgan fingerprint density at radius 1 is 1.03 bits per heavy atom. The number of carbonyl (C=O) groups excluding carboxylic acids is 2. The molecule has 0 bridgehead atoms. The number of esters is 1. The maximum Gasteiger partial charge on any atom is 0.338 e. The molecule has 1 saturated heterocycles. The first-order chi connectivity index (χ1) is 13.9. The van der Waals surface area contributed by atoms with Gasteiger partial charge in [-0.15, -0.1) is 0 Å². The topological polar surface area (TPSA) is 92.8 Å². The summed E-state index contributed by atoms with van der Waals surface area (Å²) in [6, 6.07) is 5.84. The average Bonchev–Trinajstić information content (AvgIpc) is 2.74. The number of hydrogen-bond acceptors (Lipinski definition) is 5.